The molecule has 0 saturated carbocycles. The highest BCUT2D eigenvalue weighted by atomic mass is 35.5. The maximum atomic E-state index is 13.0. The van der Waals surface area contributed by atoms with Crippen LogP contribution in [0.5, 0.6) is 0 Å². The number of para-hydroxylation sites is 1. The summed E-state index contributed by atoms with van der Waals surface area (Å²) in [5.74, 6) is 0.663. The number of rotatable bonds is 5. The molecule has 0 radical (unpaired) electrons. The van der Waals surface area contributed by atoms with Crippen molar-refractivity contribution in [3.8, 4) is 0 Å². The van der Waals surface area contributed by atoms with Crippen LogP contribution in [0.4, 0.5) is 0 Å². The molecule has 0 N–H and O–H groups in total. The van der Waals surface area contributed by atoms with Crippen LogP contribution in [0.3, 0.4) is 0 Å². The number of halogens is 1. The third-order valence-electron chi connectivity index (χ3n) is 4.55. The summed E-state index contributed by atoms with van der Waals surface area (Å²) in [5.41, 5.74) is 1.75. The van der Waals surface area contributed by atoms with E-state index in [1.807, 2.05) is 48.5 Å². The summed E-state index contributed by atoms with van der Waals surface area (Å²) in [7, 11) is 0. The van der Waals surface area contributed by atoms with E-state index in [0.29, 0.717) is 22.8 Å². The fourth-order valence-electron chi connectivity index (χ4n) is 3.17. The van der Waals surface area contributed by atoms with Gasteiger partial charge in [-0.3, -0.25) is 9.36 Å². The van der Waals surface area contributed by atoms with Gasteiger partial charge in [-0.15, -0.1) is 0 Å². The fourth-order valence-corrected chi connectivity index (χ4v) is 4.46. The molecule has 3 aromatic rings. The third-order valence-corrected chi connectivity index (χ3v) is 5.95. The average Bonchev–Trinajstić information content (AvgIpc) is 3.17. The summed E-state index contributed by atoms with van der Waals surface area (Å²) in [6.07, 6.45) is 2.10. The van der Waals surface area contributed by atoms with Crippen LogP contribution < -0.4 is 5.56 Å². The zero-order valence-corrected chi connectivity index (χ0v) is 15.8. The van der Waals surface area contributed by atoms with Crippen molar-refractivity contribution >= 4 is 34.3 Å². The predicted molar refractivity (Wildman–Crippen MR) is 106 cm³/mol. The lowest BCUT2D eigenvalue weighted by Crippen LogP contribution is -2.28. The second-order valence-electron chi connectivity index (χ2n) is 6.34. The van der Waals surface area contributed by atoms with Crippen LogP contribution in [0.1, 0.15) is 18.4 Å². The van der Waals surface area contributed by atoms with Gasteiger partial charge in [0.05, 0.1) is 23.6 Å². The lowest BCUT2D eigenvalue weighted by molar-refractivity contribution is 0.0937. The molecular weight excluding hydrogens is 368 g/mol. The lowest BCUT2D eigenvalue weighted by Gasteiger charge is -2.16. The Bertz CT molecular complexity index is 983. The van der Waals surface area contributed by atoms with Crippen molar-refractivity contribution in [1.82, 2.24) is 9.55 Å². The fraction of sp³-hybridized carbons (Fsp3) is 0.300. The highest BCUT2D eigenvalue weighted by Crippen LogP contribution is 2.27. The molecule has 4 nitrogen and oxygen atoms in total. The van der Waals surface area contributed by atoms with Crippen molar-refractivity contribution in [3.05, 3.63) is 69.5 Å². The van der Waals surface area contributed by atoms with Crippen molar-refractivity contribution in [2.45, 2.75) is 36.4 Å². The molecule has 1 saturated heterocycles. The van der Waals surface area contributed by atoms with Crippen LogP contribution in [-0.2, 0) is 17.0 Å². The van der Waals surface area contributed by atoms with Gasteiger partial charge < -0.3 is 4.74 Å². The van der Waals surface area contributed by atoms with Gasteiger partial charge in [0.25, 0.3) is 5.56 Å². The molecule has 6 heteroatoms. The van der Waals surface area contributed by atoms with Gasteiger partial charge in [0.2, 0.25) is 0 Å². The quantitative estimate of drug-likeness (QED) is 0.477. The minimum Gasteiger partial charge on any atom is -0.376 e. The molecular formula is C20H19ClN2O2S. The number of aromatic nitrogens is 2. The van der Waals surface area contributed by atoms with Crippen LogP contribution in [0.2, 0.25) is 5.02 Å². The summed E-state index contributed by atoms with van der Waals surface area (Å²) in [6, 6.07) is 15.3. The van der Waals surface area contributed by atoms with Crippen LogP contribution >= 0.6 is 23.4 Å². The van der Waals surface area contributed by atoms with E-state index >= 15 is 0 Å². The molecule has 1 atom stereocenters. The Morgan fingerprint density at radius 1 is 1.19 bits per heavy atom. The molecule has 1 fully saturated rings. The van der Waals surface area contributed by atoms with E-state index in [2.05, 4.69) is 0 Å². The van der Waals surface area contributed by atoms with E-state index in [1.165, 1.54) is 11.8 Å². The largest absolute Gasteiger partial charge is 0.376 e. The molecule has 0 amide bonds. The summed E-state index contributed by atoms with van der Waals surface area (Å²) in [5, 5.41) is 2.09. The lowest BCUT2D eigenvalue weighted by atomic mass is 10.2. The maximum Gasteiger partial charge on any atom is 0.262 e. The molecule has 1 aliphatic rings. The molecule has 0 unspecified atom stereocenters. The summed E-state index contributed by atoms with van der Waals surface area (Å²) < 4.78 is 7.51. The van der Waals surface area contributed by atoms with Gasteiger partial charge in [-0.05, 0) is 36.6 Å². The topological polar surface area (TPSA) is 44.1 Å². The highest BCUT2D eigenvalue weighted by Gasteiger charge is 2.20. The molecule has 1 aromatic heterocycles. The first-order valence-electron chi connectivity index (χ1n) is 8.70. The number of nitrogens with zero attached hydrogens (tertiary/aromatic N) is 2. The first-order valence-corrected chi connectivity index (χ1v) is 10.1. The van der Waals surface area contributed by atoms with Gasteiger partial charge in [-0.1, -0.05) is 53.7 Å². The zero-order valence-electron chi connectivity index (χ0n) is 14.2. The van der Waals surface area contributed by atoms with E-state index in [1.54, 1.807) is 4.57 Å². The van der Waals surface area contributed by atoms with E-state index in [9.17, 15) is 4.79 Å². The first kappa shape index (κ1) is 17.6. The Morgan fingerprint density at radius 2 is 2.00 bits per heavy atom. The molecule has 2 aromatic carbocycles. The van der Waals surface area contributed by atoms with Crippen LogP contribution in [0.15, 0.2) is 58.5 Å². The second kappa shape index (κ2) is 7.82. The molecule has 134 valence electrons. The van der Waals surface area contributed by atoms with E-state index in [0.717, 1.165) is 35.6 Å². The normalized spacial score (nSPS) is 17.0. The van der Waals surface area contributed by atoms with Crippen molar-refractivity contribution in [3.63, 3.8) is 0 Å². The van der Waals surface area contributed by atoms with Gasteiger partial charge in [0, 0.05) is 17.4 Å². The smallest absolute Gasteiger partial charge is 0.262 e. The molecule has 0 aliphatic carbocycles. The minimum absolute atomic E-state index is 0.00670. The molecule has 1 aliphatic heterocycles. The van der Waals surface area contributed by atoms with Crippen molar-refractivity contribution in [2.75, 3.05) is 6.61 Å². The van der Waals surface area contributed by atoms with Crippen LogP contribution in [-0.4, -0.2) is 22.3 Å². The molecule has 0 spiro atoms. The monoisotopic (exact) mass is 386 g/mol. The number of hydrogen-bond acceptors (Lipinski definition) is 4. The summed E-state index contributed by atoms with van der Waals surface area (Å²) in [4.78, 5) is 17.8. The first-order chi connectivity index (χ1) is 12.7. The van der Waals surface area contributed by atoms with Gasteiger partial charge in [-0.25, -0.2) is 4.98 Å². The summed E-state index contributed by atoms with van der Waals surface area (Å²) in [6.45, 7) is 1.31. The average molecular weight is 387 g/mol. The van der Waals surface area contributed by atoms with Gasteiger partial charge >= 0.3 is 0 Å². The molecule has 2 heterocycles. The third kappa shape index (κ3) is 3.65. The number of thioether (sulfide) groups is 1. The SMILES string of the molecule is O=c1c2ccccc2nc(SCc2ccccc2Cl)n1C[C@@H]1CCCO1. The maximum absolute atomic E-state index is 13.0. The highest BCUT2D eigenvalue weighted by molar-refractivity contribution is 7.98. The van der Waals surface area contributed by atoms with Crippen LogP contribution in [0, 0.1) is 0 Å². The van der Waals surface area contributed by atoms with E-state index in [4.69, 9.17) is 21.3 Å². The Balaban J connectivity index is 1.71. The zero-order chi connectivity index (χ0) is 17.9. The van der Waals surface area contributed by atoms with Gasteiger partial charge in [0.1, 0.15) is 0 Å². The van der Waals surface area contributed by atoms with E-state index < -0.39 is 0 Å². The number of ether oxygens (including phenoxy) is 1. The predicted octanol–water partition coefficient (Wildman–Crippen LogP) is 4.52. The van der Waals surface area contributed by atoms with Gasteiger partial charge in [-0.2, -0.15) is 0 Å². The van der Waals surface area contributed by atoms with Crippen molar-refractivity contribution in [1.29, 1.82) is 0 Å². The Hall–Kier alpha value is -1.82. The van der Waals surface area contributed by atoms with Crippen molar-refractivity contribution in [2.24, 2.45) is 0 Å². The molecule has 26 heavy (non-hydrogen) atoms. The Kier molecular flexibility index (Phi) is 5.29. The van der Waals surface area contributed by atoms with Crippen LogP contribution in [0.25, 0.3) is 10.9 Å². The van der Waals surface area contributed by atoms with E-state index in [-0.39, 0.29) is 11.7 Å². The molecule has 0 bridgehead atoms. The van der Waals surface area contributed by atoms with Crippen molar-refractivity contribution < 1.29 is 4.74 Å². The Morgan fingerprint density at radius 3 is 2.81 bits per heavy atom. The number of hydrogen-bond donors (Lipinski definition) is 0. The molecule has 4 rings (SSSR count). The number of fused-ring (bicyclic) bond motifs is 1. The number of benzene rings is 2. The standard InChI is InChI=1S/C20H19ClN2O2S/c21-17-9-3-1-6-14(17)13-26-20-22-18-10-4-2-8-16(18)19(24)23(20)12-15-7-5-11-25-15/h1-4,6,8-10,15H,5,7,11-13H2/t15-/m0/s1. The minimum atomic E-state index is -0.00670. The Labute approximate surface area is 161 Å². The second-order valence-corrected chi connectivity index (χ2v) is 7.69. The summed E-state index contributed by atoms with van der Waals surface area (Å²) >= 11 is 7.81. The van der Waals surface area contributed by atoms with Gasteiger partial charge in [0.15, 0.2) is 5.16 Å².